The van der Waals surface area contributed by atoms with E-state index >= 15 is 0 Å². The Balaban J connectivity index is 4.03. The Labute approximate surface area is 244 Å². The maximum absolute atomic E-state index is 13.4. The molecule has 0 unspecified atom stereocenters. The van der Waals surface area contributed by atoms with Gasteiger partial charge in [-0.3, -0.25) is 0 Å². The third kappa shape index (κ3) is 8.38. The topological polar surface area (TPSA) is 145 Å². The van der Waals surface area contributed by atoms with E-state index in [0.29, 0.717) is 0 Å². The Kier molecular flexibility index (Phi) is 12.4. The highest BCUT2D eigenvalue weighted by atomic mass is 16.6. The molecule has 0 aromatic carbocycles. The molecule has 0 fully saturated rings. The largest absolute Gasteiger partial charge is 0.442 e. The summed E-state index contributed by atoms with van der Waals surface area (Å²) >= 11 is 0. The van der Waals surface area contributed by atoms with E-state index in [-0.39, 0.29) is 52.2 Å². The van der Waals surface area contributed by atoms with Crippen LogP contribution in [-0.2, 0) is 14.2 Å². The Morgan fingerprint density at radius 2 is 0.667 bits per heavy atom. The molecular formula is C30H39N3O9. The van der Waals surface area contributed by atoms with Gasteiger partial charge in [-0.05, 0) is 20.8 Å². The van der Waals surface area contributed by atoms with Crippen LogP contribution in [0.3, 0.4) is 0 Å². The number of hydrogen-bond donors (Lipinski definition) is 0. The standard InChI is InChI=1S/C30H39N3O9/c1-10-16-28(7,17-11-2)40-25(37)31-22(34)32(26(38)41-29(8,18-12-3)19-13-4)24(36)33(23(31)35)27(39)42-30(9,20-14-5)21-15-6/h10-15H,1-6,16-21H2,7-9H3. The van der Waals surface area contributed by atoms with Crippen molar-refractivity contribution in [1.29, 1.82) is 0 Å². The van der Waals surface area contributed by atoms with Gasteiger partial charge in [0.25, 0.3) is 0 Å². The summed E-state index contributed by atoms with van der Waals surface area (Å²) in [6, 6.07) is 0. The van der Waals surface area contributed by atoms with E-state index in [1.165, 1.54) is 57.2 Å². The molecule has 0 aliphatic heterocycles. The monoisotopic (exact) mass is 585 g/mol. The summed E-state index contributed by atoms with van der Waals surface area (Å²) in [5.74, 6) is 0. The highest BCUT2D eigenvalue weighted by Crippen LogP contribution is 2.24. The molecule has 1 aromatic heterocycles. The first-order valence-corrected chi connectivity index (χ1v) is 13.0. The van der Waals surface area contributed by atoms with Gasteiger partial charge in [0.1, 0.15) is 16.8 Å². The number of hydrogen-bond acceptors (Lipinski definition) is 9. The fourth-order valence-corrected chi connectivity index (χ4v) is 4.12. The zero-order valence-electron chi connectivity index (χ0n) is 24.5. The van der Waals surface area contributed by atoms with Crippen molar-refractivity contribution in [3.8, 4) is 0 Å². The number of carbonyl (C=O) groups excluding carboxylic acids is 3. The van der Waals surface area contributed by atoms with Gasteiger partial charge in [-0.25, -0.2) is 28.8 Å². The second-order valence-corrected chi connectivity index (χ2v) is 10.3. The van der Waals surface area contributed by atoms with Crippen molar-refractivity contribution in [1.82, 2.24) is 13.7 Å². The molecule has 0 bridgehead atoms. The maximum Gasteiger partial charge on any atom is 0.427 e. The summed E-state index contributed by atoms with van der Waals surface area (Å²) < 4.78 is 15.8. The molecule has 0 atom stereocenters. The van der Waals surface area contributed by atoms with Crippen molar-refractivity contribution < 1.29 is 28.6 Å². The predicted octanol–water partition coefficient (Wildman–Crippen LogP) is 4.86. The summed E-state index contributed by atoms with van der Waals surface area (Å²) in [5.41, 5.74) is -9.12. The fourth-order valence-electron chi connectivity index (χ4n) is 4.12. The van der Waals surface area contributed by atoms with Crippen LogP contribution in [0.4, 0.5) is 14.4 Å². The number of carbonyl (C=O) groups is 3. The molecule has 42 heavy (non-hydrogen) atoms. The lowest BCUT2D eigenvalue weighted by molar-refractivity contribution is 0.0221. The minimum Gasteiger partial charge on any atom is -0.442 e. The van der Waals surface area contributed by atoms with Gasteiger partial charge in [0.2, 0.25) is 0 Å². The summed E-state index contributed by atoms with van der Waals surface area (Å²) in [4.78, 5) is 80.1. The van der Waals surface area contributed by atoms with Crippen LogP contribution >= 0.6 is 0 Å². The van der Waals surface area contributed by atoms with E-state index in [4.69, 9.17) is 14.2 Å². The molecule has 0 radical (unpaired) electrons. The Morgan fingerprint density at radius 3 is 0.810 bits per heavy atom. The molecule has 228 valence electrons. The normalized spacial score (nSPS) is 11.5. The molecule has 0 spiro atoms. The van der Waals surface area contributed by atoms with Crippen LogP contribution in [0.5, 0.6) is 0 Å². The minimum absolute atomic E-state index is 0.0837. The fraction of sp³-hybridized carbons (Fsp3) is 0.400. The van der Waals surface area contributed by atoms with Gasteiger partial charge in [-0.1, -0.05) is 36.5 Å². The third-order valence-corrected chi connectivity index (χ3v) is 6.15. The maximum atomic E-state index is 13.4. The van der Waals surface area contributed by atoms with Crippen LogP contribution in [0, 0.1) is 0 Å². The summed E-state index contributed by atoms with van der Waals surface area (Å²) in [7, 11) is 0. The first-order chi connectivity index (χ1) is 19.6. The molecule has 1 aromatic rings. The molecule has 0 aliphatic carbocycles. The van der Waals surface area contributed by atoms with Crippen LogP contribution in [0.15, 0.2) is 90.3 Å². The smallest absolute Gasteiger partial charge is 0.427 e. The molecule has 1 heterocycles. The van der Waals surface area contributed by atoms with E-state index < -0.39 is 52.2 Å². The quantitative estimate of drug-likeness (QED) is 0.208. The number of ether oxygens (including phenoxy) is 3. The molecule has 0 amide bonds. The predicted molar refractivity (Wildman–Crippen MR) is 159 cm³/mol. The molecule has 12 nitrogen and oxygen atoms in total. The summed E-state index contributed by atoms with van der Waals surface area (Å²) in [5, 5.41) is 0. The number of nitrogens with zero attached hydrogens (tertiary/aromatic N) is 3. The lowest BCUT2D eigenvalue weighted by Gasteiger charge is -2.29. The zero-order valence-corrected chi connectivity index (χ0v) is 24.5. The first-order valence-electron chi connectivity index (χ1n) is 13.0. The van der Waals surface area contributed by atoms with Gasteiger partial charge in [0, 0.05) is 38.5 Å². The molecule has 0 aliphatic rings. The average Bonchev–Trinajstić information content (AvgIpc) is 2.84. The van der Waals surface area contributed by atoms with E-state index in [1.807, 2.05) is 0 Å². The van der Waals surface area contributed by atoms with Crippen molar-refractivity contribution in [3.63, 3.8) is 0 Å². The van der Waals surface area contributed by atoms with Crippen molar-refractivity contribution in [2.24, 2.45) is 0 Å². The molecule has 0 saturated carbocycles. The van der Waals surface area contributed by atoms with Gasteiger partial charge in [0.15, 0.2) is 0 Å². The van der Waals surface area contributed by atoms with Crippen LogP contribution in [0.25, 0.3) is 0 Å². The lowest BCUT2D eigenvalue weighted by Crippen LogP contribution is -2.61. The number of rotatable bonds is 15. The highest BCUT2D eigenvalue weighted by molar-refractivity contribution is 5.76. The molecular weight excluding hydrogens is 546 g/mol. The van der Waals surface area contributed by atoms with Crippen molar-refractivity contribution in [3.05, 3.63) is 107 Å². The lowest BCUT2D eigenvalue weighted by atomic mass is 9.98. The Hall–Kier alpha value is -4.74. The minimum atomic E-state index is -1.72. The third-order valence-electron chi connectivity index (χ3n) is 6.15. The molecule has 1 rings (SSSR count). The van der Waals surface area contributed by atoms with Crippen molar-refractivity contribution in [2.45, 2.75) is 76.1 Å². The van der Waals surface area contributed by atoms with Crippen LogP contribution in [0.1, 0.15) is 59.3 Å². The highest BCUT2D eigenvalue weighted by Gasteiger charge is 2.36. The van der Waals surface area contributed by atoms with Crippen LogP contribution in [-0.4, -0.2) is 48.8 Å². The van der Waals surface area contributed by atoms with Gasteiger partial charge in [0.05, 0.1) is 0 Å². The SMILES string of the molecule is C=CCC(C)(CC=C)OC(=O)n1c(=O)n(C(=O)OC(C)(CC=C)CC=C)c(=O)n(C(=O)OC(C)(CC=C)CC=C)c1=O. The Bertz CT molecular complexity index is 1210. The van der Waals surface area contributed by atoms with Crippen LogP contribution in [0.2, 0.25) is 0 Å². The number of aromatic nitrogens is 3. The van der Waals surface area contributed by atoms with Gasteiger partial charge < -0.3 is 14.2 Å². The van der Waals surface area contributed by atoms with Gasteiger partial charge in [-0.2, -0.15) is 0 Å². The second-order valence-electron chi connectivity index (χ2n) is 10.3. The molecule has 0 saturated heterocycles. The zero-order chi connectivity index (χ0) is 32.3. The summed E-state index contributed by atoms with van der Waals surface area (Å²) in [6.45, 7) is 26.1. The van der Waals surface area contributed by atoms with Crippen molar-refractivity contribution in [2.75, 3.05) is 0 Å². The Morgan fingerprint density at radius 1 is 0.500 bits per heavy atom. The van der Waals surface area contributed by atoms with Crippen LogP contribution < -0.4 is 17.1 Å². The van der Waals surface area contributed by atoms with E-state index in [2.05, 4.69) is 39.5 Å². The first kappa shape index (κ1) is 35.3. The average molecular weight is 586 g/mol. The van der Waals surface area contributed by atoms with Crippen molar-refractivity contribution >= 4 is 18.3 Å². The second kappa shape index (κ2) is 14.8. The van der Waals surface area contributed by atoms with E-state index in [9.17, 15) is 28.8 Å². The van der Waals surface area contributed by atoms with Gasteiger partial charge >= 0.3 is 35.3 Å². The molecule has 12 heteroatoms. The summed E-state index contributed by atoms with van der Waals surface area (Å²) in [6.07, 6.45) is 4.42. The molecule has 0 N–H and O–H groups in total. The van der Waals surface area contributed by atoms with Gasteiger partial charge in [-0.15, -0.1) is 53.2 Å². The van der Waals surface area contributed by atoms with E-state index in [0.717, 1.165) is 0 Å². The van der Waals surface area contributed by atoms with E-state index in [1.54, 1.807) is 0 Å².